The average Bonchev–Trinajstić information content (AvgIpc) is 3.08. The van der Waals surface area contributed by atoms with Gasteiger partial charge in [0.25, 0.3) is 5.19 Å². The average molecular weight is 379 g/mol. The quantitative estimate of drug-likeness (QED) is 0.670. The highest BCUT2D eigenvalue weighted by molar-refractivity contribution is 7.11. The first kappa shape index (κ1) is 17.9. The fourth-order valence-electron chi connectivity index (χ4n) is 2.17. The highest BCUT2D eigenvalue weighted by Crippen LogP contribution is 2.30. The van der Waals surface area contributed by atoms with Gasteiger partial charge in [-0.05, 0) is 29.8 Å². The third kappa shape index (κ3) is 4.20. The molecule has 134 valence electrons. The van der Waals surface area contributed by atoms with E-state index in [2.05, 4.69) is 4.98 Å². The molecule has 0 fully saturated rings. The number of rotatable bonds is 5. The Morgan fingerprint density at radius 1 is 1.08 bits per heavy atom. The summed E-state index contributed by atoms with van der Waals surface area (Å²) in [6, 6.07) is 11.0. The van der Waals surface area contributed by atoms with Crippen molar-refractivity contribution in [1.29, 1.82) is 0 Å². The molecule has 2 aromatic carbocycles. The van der Waals surface area contributed by atoms with Gasteiger partial charge in [-0.2, -0.15) is 13.2 Å². The minimum atomic E-state index is -4.36. The number of benzene rings is 2. The predicted octanol–water partition coefficient (Wildman–Crippen LogP) is 5.11. The molecule has 0 bridgehead atoms. The van der Waals surface area contributed by atoms with Crippen LogP contribution in [-0.4, -0.2) is 16.1 Å². The van der Waals surface area contributed by atoms with Crippen LogP contribution in [0, 0.1) is 0 Å². The maximum absolute atomic E-state index is 12.5. The van der Waals surface area contributed by atoms with Crippen molar-refractivity contribution in [3.8, 4) is 16.5 Å². The van der Waals surface area contributed by atoms with Gasteiger partial charge in [-0.25, -0.2) is 9.78 Å². The van der Waals surface area contributed by atoms with Gasteiger partial charge in [-0.15, -0.1) is 0 Å². The third-order valence-corrected chi connectivity index (χ3v) is 4.31. The van der Waals surface area contributed by atoms with Crippen molar-refractivity contribution in [3.63, 3.8) is 0 Å². The number of carbonyl (C=O) groups is 1. The monoisotopic (exact) mass is 379 g/mol. The number of nitrogens with zero attached hydrogens (tertiary/aromatic N) is 1. The molecule has 3 rings (SSSR count). The summed E-state index contributed by atoms with van der Waals surface area (Å²) in [4.78, 5) is 15.1. The molecule has 26 heavy (non-hydrogen) atoms. The summed E-state index contributed by atoms with van der Waals surface area (Å²) >= 11 is 1.25. The van der Waals surface area contributed by atoms with Crippen molar-refractivity contribution in [2.24, 2.45) is 0 Å². The molecule has 0 radical (unpaired) electrons. The van der Waals surface area contributed by atoms with E-state index in [-0.39, 0.29) is 12.2 Å². The molecule has 0 aliphatic heterocycles. The lowest BCUT2D eigenvalue weighted by Crippen LogP contribution is -2.05. The number of aromatic nitrogens is 1. The molecule has 0 unspecified atom stereocenters. The molecule has 0 aliphatic carbocycles. The van der Waals surface area contributed by atoms with E-state index < -0.39 is 17.7 Å². The maximum Gasteiger partial charge on any atom is 0.416 e. The lowest BCUT2D eigenvalue weighted by molar-refractivity contribution is -0.137. The number of thiazole rings is 1. The summed E-state index contributed by atoms with van der Waals surface area (Å²) in [7, 11) is 0. The Morgan fingerprint density at radius 3 is 2.31 bits per heavy atom. The maximum atomic E-state index is 12.5. The summed E-state index contributed by atoms with van der Waals surface area (Å²) in [5.74, 6) is -1.00. The van der Waals surface area contributed by atoms with Crippen molar-refractivity contribution in [2.75, 3.05) is 0 Å². The molecule has 0 saturated heterocycles. The van der Waals surface area contributed by atoms with Crippen molar-refractivity contribution >= 4 is 17.3 Å². The molecule has 0 amide bonds. The number of hydrogen-bond donors (Lipinski definition) is 1. The second kappa shape index (κ2) is 7.17. The molecule has 4 nitrogen and oxygen atoms in total. The molecule has 8 heteroatoms. The zero-order valence-electron chi connectivity index (χ0n) is 13.2. The van der Waals surface area contributed by atoms with Gasteiger partial charge in [0, 0.05) is 10.9 Å². The van der Waals surface area contributed by atoms with E-state index in [4.69, 9.17) is 9.84 Å². The van der Waals surface area contributed by atoms with Gasteiger partial charge in [0.1, 0.15) is 6.61 Å². The number of carboxylic acid groups (broad SMARTS) is 1. The number of aromatic carboxylic acids is 1. The first-order valence-electron chi connectivity index (χ1n) is 7.41. The predicted molar refractivity (Wildman–Crippen MR) is 90.3 cm³/mol. The number of hydrogen-bond acceptors (Lipinski definition) is 4. The van der Waals surface area contributed by atoms with Crippen LogP contribution >= 0.6 is 11.3 Å². The van der Waals surface area contributed by atoms with E-state index in [1.165, 1.54) is 35.6 Å². The zero-order chi connectivity index (χ0) is 18.7. The highest BCUT2D eigenvalue weighted by Gasteiger charge is 2.29. The summed E-state index contributed by atoms with van der Waals surface area (Å²) < 4.78 is 43.1. The van der Waals surface area contributed by atoms with E-state index in [0.717, 1.165) is 17.7 Å². The van der Waals surface area contributed by atoms with Crippen LogP contribution in [-0.2, 0) is 12.8 Å². The van der Waals surface area contributed by atoms with Crippen LogP contribution in [0.3, 0.4) is 0 Å². The van der Waals surface area contributed by atoms with Crippen LogP contribution in [0.5, 0.6) is 5.19 Å². The molecule has 1 heterocycles. The normalized spacial score (nSPS) is 11.3. The number of carboxylic acids is 1. The van der Waals surface area contributed by atoms with E-state index in [0.29, 0.717) is 16.5 Å². The first-order valence-corrected chi connectivity index (χ1v) is 8.29. The molecule has 0 atom stereocenters. The number of ether oxygens (including phenoxy) is 1. The molecule has 3 aromatic rings. The second-order valence-electron chi connectivity index (χ2n) is 5.36. The van der Waals surface area contributed by atoms with Crippen molar-refractivity contribution in [1.82, 2.24) is 4.98 Å². The van der Waals surface area contributed by atoms with E-state index in [9.17, 15) is 18.0 Å². The van der Waals surface area contributed by atoms with Crippen LogP contribution in [0.25, 0.3) is 11.3 Å². The Labute approximate surface area is 150 Å². The Kier molecular flexibility index (Phi) is 4.94. The van der Waals surface area contributed by atoms with Crippen molar-refractivity contribution in [2.45, 2.75) is 12.8 Å². The van der Waals surface area contributed by atoms with Gasteiger partial charge >= 0.3 is 12.1 Å². The smallest absolute Gasteiger partial charge is 0.416 e. The minimum absolute atomic E-state index is 0.100. The summed E-state index contributed by atoms with van der Waals surface area (Å²) in [6.07, 6.45) is -4.36. The molecular weight excluding hydrogens is 367 g/mol. The molecule has 1 aromatic heterocycles. The fourth-order valence-corrected chi connectivity index (χ4v) is 2.85. The summed E-state index contributed by atoms with van der Waals surface area (Å²) in [5, 5.41) is 11.0. The first-order chi connectivity index (χ1) is 12.3. The van der Waals surface area contributed by atoms with Gasteiger partial charge in [0.2, 0.25) is 0 Å². The van der Waals surface area contributed by atoms with Gasteiger partial charge in [-0.3, -0.25) is 0 Å². The lowest BCUT2D eigenvalue weighted by Gasteiger charge is -2.07. The second-order valence-corrected chi connectivity index (χ2v) is 6.19. The molecule has 0 saturated carbocycles. The Balaban J connectivity index is 1.64. The molecular formula is C18H12F3NO3S. The summed E-state index contributed by atoms with van der Waals surface area (Å²) in [6.45, 7) is 0.100. The number of halogens is 3. The van der Waals surface area contributed by atoms with Crippen LogP contribution < -0.4 is 4.74 Å². The fraction of sp³-hybridized carbons (Fsp3) is 0.111. The van der Waals surface area contributed by atoms with E-state index >= 15 is 0 Å². The molecule has 0 aliphatic rings. The van der Waals surface area contributed by atoms with Gasteiger partial charge < -0.3 is 9.84 Å². The summed E-state index contributed by atoms with van der Waals surface area (Å²) in [5.41, 5.74) is 1.45. The molecule has 0 spiro atoms. The SMILES string of the molecule is O=C(O)c1ccc(-c2csc(OCc3ccc(C(F)(F)F)cc3)n2)cc1. The van der Waals surface area contributed by atoms with Crippen LogP contribution in [0.4, 0.5) is 13.2 Å². The van der Waals surface area contributed by atoms with Crippen LogP contribution in [0.1, 0.15) is 21.5 Å². The molecule has 1 N–H and O–H groups in total. The topological polar surface area (TPSA) is 59.4 Å². The van der Waals surface area contributed by atoms with E-state index in [1.54, 1.807) is 17.5 Å². The third-order valence-electron chi connectivity index (χ3n) is 3.55. The van der Waals surface area contributed by atoms with Crippen molar-refractivity contribution < 1.29 is 27.8 Å². The van der Waals surface area contributed by atoms with Crippen LogP contribution in [0.15, 0.2) is 53.9 Å². The van der Waals surface area contributed by atoms with Crippen LogP contribution in [0.2, 0.25) is 0 Å². The Hall–Kier alpha value is -2.87. The minimum Gasteiger partial charge on any atom is -0.478 e. The largest absolute Gasteiger partial charge is 0.478 e. The Morgan fingerprint density at radius 2 is 1.73 bits per heavy atom. The van der Waals surface area contributed by atoms with Gasteiger partial charge in [0.05, 0.1) is 16.8 Å². The van der Waals surface area contributed by atoms with Crippen molar-refractivity contribution in [3.05, 3.63) is 70.6 Å². The standard InChI is InChI=1S/C18H12F3NO3S/c19-18(20,21)14-7-1-11(2-8-14)9-25-17-22-15(10-26-17)12-3-5-13(6-4-12)16(23)24/h1-8,10H,9H2,(H,23,24). The van der Waals surface area contributed by atoms with E-state index in [1.807, 2.05) is 0 Å². The zero-order valence-corrected chi connectivity index (χ0v) is 14.0. The van der Waals surface area contributed by atoms with Gasteiger partial charge in [-0.1, -0.05) is 35.6 Å². The number of alkyl halides is 3. The highest BCUT2D eigenvalue weighted by atomic mass is 32.1. The lowest BCUT2D eigenvalue weighted by atomic mass is 10.1. The Bertz CT molecular complexity index is 903. The van der Waals surface area contributed by atoms with Gasteiger partial charge in [0.15, 0.2) is 0 Å².